The van der Waals surface area contributed by atoms with Crippen molar-refractivity contribution < 1.29 is 32.4 Å². The molecule has 9 heteroatoms. The van der Waals surface area contributed by atoms with Crippen molar-refractivity contribution in [3.63, 3.8) is 0 Å². The number of benzene rings is 3. The van der Waals surface area contributed by atoms with E-state index in [1.54, 1.807) is 0 Å². The van der Waals surface area contributed by atoms with Crippen LogP contribution in [0.4, 0.5) is 0 Å². The van der Waals surface area contributed by atoms with Gasteiger partial charge >= 0.3 is 13.6 Å². The van der Waals surface area contributed by atoms with E-state index in [-0.39, 0.29) is 42.4 Å². The van der Waals surface area contributed by atoms with Gasteiger partial charge in [-0.1, -0.05) is 112 Å². The second-order valence-electron chi connectivity index (χ2n) is 11.3. The lowest BCUT2D eigenvalue weighted by Crippen LogP contribution is -2.67. The lowest BCUT2D eigenvalue weighted by Gasteiger charge is -2.45. The highest BCUT2D eigenvalue weighted by molar-refractivity contribution is 7.54. The van der Waals surface area contributed by atoms with Crippen LogP contribution < -0.4 is 10.4 Å². The van der Waals surface area contributed by atoms with Gasteiger partial charge in [0.15, 0.2) is 0 Å². The molecule has 1 atom stereocenters. The van der Waals surface area contributed by atoms with E-state index in [4.69, 9.17) is 18.2 Å². The molecule has 42 heavy (non-hydrogen) atoms. The van der Waals surface area contributed by atoms with E-state index in [1.165, 1.54) is 14.2 Å². The molecular formula is C33H43O7PSi. The number of rotatable bonds is 16. The fourth-order valence-electron chi connectivity index (χ4n) is 5.15. The Labute approximate surface area is 251 Å². The van der Waals surface area contributed by atoms with Crippen LogP contribution in [0.2, 0.25) is 5.04 Å². The highest BCUT2D eigenvalue weighted by Gasteiger charge is 2.51. The van der Waals surface area contributed by atoms with E-state index >= 15 is 0 Å². The smallest absolute Gasteiger partial charge is 0.337 e. The zero-order valence-corrected chi connectivity index (χ0v) is 27.2. The first-order valence-electron chi connectivity index (χ1n) is 14.2. The van der Waals surface area contributed by atoms with Crippen LogP contribution in [0.15, 0.2) is 91.0 Å². The van der Waals surface area contributed by atoms with Crippen molar-refractivity contribution >= 4 is 38.0 Å². The zero-order valence-electron chi connectivity index (χ0n) is 25.3. The molecule has 0 amide bonds. The minimum atomic E-state index is -3.45. The van der Waals surface area contributed by atoms with Crippen LogP contribution in [-0.4, -0.2) is 46.6 Å². The Hall–Kier alpha value is -2.87. The Kier molecular flexibility index (Phi) is 12.5. The summed E-state index contributed by atoms with van der Waals surface area (Å²) in [6.45, 7) is 6.72. The molecule has 0 saturated carbocycles. The van der Waals surface area contributed by atoms with Gasteiger partial charge in [0.05, 0.1) is 12.5 Å². The molecule has 0 bridgehead atoms. The molecular weight excluding hydrogens is 567 g/mol. The largest absolute Gasteiger partial charge is 0.461 e. The van der Waals surface area contributed by atoms with Crippen molar-refractivity contribution in [2.24, 2.45) is 0 Å². The molecule has 0 fully saturated rings. The Balaban J connectivity index is 1.90. The zero-order chi connectivity index (χ0) is 30.6. The third-order valence-corrected chi connectivity index (χ3v) is 14.3. The van der Waals surface area contributed by atoms with Gasteiger partial charge in [-0.05, 0) is 33.8 Å². The Morgan fingerprint density at radius 3 is 1.79 bits per heavy atom. The molecule has 3 aromatic carbocycles. The fraction of sp³-hybridized carbons (Fsp3) is 0.394. The Morgan fingerprint density at radius 1 is 0.810 bits per heavy atom. The number of ketones is 1. The van der Waals surface area contributed by atoms with Crippen LogP contribution in [-0.2, 0) is 39.0 Å². The molecule has 0 saturated heterocycles. The van der Waals surface area contributed by atoms with Crippen molar-refractivity contribution in [1.82, 2.24) is 0 Å². The highest BCUT2D eigenvalue weighted by Crippen LogP contribution is 2.46. The second-order valence-corrected chi connectivity index (χ2v) is 17.8. The average molecular weight is 611 g/mol. The van der Waals surface area contributed by atoms with E-state index < -0.39 is 22.0 Å². The summed E-state index contributed by atoms with van der Waals surface area (Å²) in [7, 11) is -3.88. The number of Topliss-reactive ketones (excluding diaryl/α,β-unsaturated/α-hetero) is 1. The van der Waals surface area contributed by atoms with Crippen LogP contribution in [0, 0.1) is 0 Å². The summed E-state index contributed by atoms with van der Waals surface area (Å²) in [6, 6.07) is 30.0. The van der Waals surface area contributed by atoms with E-state index in [0.717, 1.165) is 15.9 Å². The molecule has 226 valence electrons. The van der Waals surface area contributed by atoms with Gasteiger partial charge < -0.3 is 18.2 Å². The quantitative estimate of drug-likeness (QED) is 0.107. The van der Waals surface area contributed by atoms with Crippen molar-refractivity contribution in [2.75, 3.05) is 20.4 Å². The van der Waals surface area contributed by atoms with Crippen molar-refractivity contribution in [3.8, 4) is 0 Å². The molecule has 3 rings (SSSR count). The fourth-order valence-corrected chi connectivity index (χ4v) is 10.9. The number of esters is 1. The van der Waals surface area contributed by atoms with Crippen LogP contribution in [0.3, 0.4) is 0 Å². The standard InChI is InChI=1S/C33H43O7PSi/c1-33(2,3)42(30-20-11-7-12-21-30,31-22-13-8-14-23-31)40-29(19-15-18-28(34)26-41(36,37-4)38-5)24-32(35)39-25-27-16-9-6-10-17-27/h6-14,16-17,20-23,29H,15,18-19,24-26H2,1-5H3. The van der Waals surface area contributed by atoms with Gasteiger partial charge in [-0.2, -0.15) is 0 Å². The van der Waals surface area contributed by atoms with Gasteiger partial charge in [0, 0.05) is 20.6 Å². The summed E-state index contributed by atoms with van der Waals surface area (Å²) in [5.74, 6) is -0.589. The number of carbonyl (C=O) groups excluding carboxylic acids is 2. The SMILES string of the molecule is COP(=O)(CC(=O)CCCC(CC(=O)OCc1ccccc1)O[Si](c1ccccc1)(c1ccccc1)C(C)(C)C)OC. The molecule has 0 aliphatic carbocycles. The van der Waals surface area contributed by atoms with Gasteiger partial charge in [0.25, 0.3) is 8.32 Å². The third-order valence-electron chi connectivity index (χ3n) is 7.31. The predicted octanol–water partition coefficient (Wildman–Crippen LogP) is 6.29. The van der Waals surface area contributed by atoms with Crippen LogP contribution >= 0.6 is 7.60 Å². The van der Waals surface area contributed by atoms with Crippen molar-refractivity contribution in [2.45, 2.75) is 64.2 Å². The number of hydrogen-bond donors (Lipinski definition) is 0. The van der Waals surface area contributed by atoms with Gasteiger partial charge in [-0.25, -0.2) is 0 Å². The summed E-state index contributed by atoms with van der Waals surface area (Å²) >= 11 is 0. The summed E-state index contributed by atoms with van der Waals surface area (Å²) in [4.78, 5) is 25.8. The molecule has 0 radical (unpaired) electrons. The third kappa shape index (κ3) is 9.06. The minimum absolute atomic E-state index is 0.0418. The molecule has 0 spiro atoms. The first-order valence-corrected chi connectivity index (χ1v) is 17.9. The van der Waals surface area contributed by atoms with E-state index in [0.29, 0.717) is 12.8 Å². The van der Waals surface area contributed by atoms with E-state index in [2.05, 4.69) is 45.0 Å². The first kappa shape index (κ1) is 33.6. The van der Waals surface area contributed by atoms with Crippen LogP contribution in [0.1, 0.15) is 52.0 Å². The number of hydrogen-bond acceptors (Lipinski definition) is 7. The topological polar surface area (TPSA) is 88.1 Å². The van der Waals surface area contributed by atoms with Crippen LogP contribution in [0.25, 0.3) is 0 Å². The average Bonchev–Trinajstić information content (AvgIpc) is 2.99. The highest BCUT2D eigenvalue weighted by atomic mass is 31.2. The summed E-state index contributed by atoms with van der Waals surface area (Å²) in [6.07, 6.45) is 0.293. The van der Waals surface area contributed by atoms with E-state index in [1.807, 2.05) is 66.7 Å². The molecule has 0 aliphatic rings. The lowest BCUT2D eigenvalue weighted by atomic mass is 10.1. The molecule has 7 nitrogen and oxygen atoms in total. The van der Waals surface area contributed by atoms with Gasteiger partial charge in [-0.15, -0.1) is 0 Å². The molecule has 0 aromatic heterocycles. The van der Waals surface area contributed by atoms with Gasteiger partial charge in [-0.3, -0.25) is 14.2 Å². The number of ether oxygens (including phenoxy) is 1. The number of carbonyl (C=O) groups is 2. The normalized spacial score (nSPS) is 13.0. The van der Waals surface area contributed by atoms with Gasteiger partial charge in [0.1, 0.15) is 18.6 Å². The first-order chi connectivity index (χ1) is 20.0. The minimum Gasteiger partial charge on any atom is -0.461 e. The summed E-state index contributed by atoms with van der Waals surface area (Å²) in [5.41, 5.74) is 0.904. The summed E-state index contributed by atoms with van der Waals surface area (Å²) in [5, 5.41) is 1.91. The van der Waals surface area contributed by atoms with E-state index in [9.17, 15) is 14.2 Å². The lowest BCUT2D eigenvalue weighted by molar-refractivity contribution is -0.147. The predicted molar refractivity (Wildman–Crippen MR) is 169 cm³/mol. The Morgan fingerprint density at radius 2 is 1.31 bits per heavy atom. The maximum atomic E-state index is 13.2. The molecule has 0 N–H and O–H groups in total. The van der Waals surface area contributed by atoms with Crippen molar-refractivity contribution in [1.29, 1.82) is 0 Å². The molecule has 3 aromatic rings. The van der Waals surface area contributed by atoms with Crippen molar-refractivity contribution in [3.05, 3.63) is 96.6 Å². The molecule has 0 aliphatic heterocycles. The van der Waals surface area contributed by atoms with Crippen LogP contribution in [0.5, 0.6) is 0 Å². The molecule has 0 heterocycles. The maximum Gasteiger partial charge on any atom is 0.337 e. The summed E-state index contributed by atoms with van der Waals surface area (Å²) < 4.78 is 35.2. The second kappa shape index (κ2) is 15.6. The maximum absolute atomic E-state index is 13.2. The molecule has 1 unspecified atom stereocenters. The Bertz CT molecular complexity index is 1260. The van der Waals surface area contributed by atoms with Gasteiger partial charge in [0.2, 0.25) is 0 Å². The monoisotopic (exact) mass is 610 g/mol.